The first-order chi connectivity index (χ1) is 11.6. The summed E-state index contributed by atoms with van der Waals surface area (Å²) >= 11 is 0. The molecule has 0 bridgehead atoms. The average molecular weight is 338 g/mol. The molecular formula is C15H16F2N4O3. The van der Waals surface area contributed by atoms with E-state index in [1.54, 1.807) is 12.3 Å². The lowest BCUT2D eigenvalue weighted by atomic mass is 10.1. The van der Waals surface area contributed by atoms with Crippen molar-refractivity contribution >= 4 is 5.91 Å². The third kappa shape index (κ3) is 3.85. The van der Waals surface area contributed by atoms with Crippen molar-refractivity contribution < 1.29 is 23.0 Å². The summed E-state index contributed by atoms with van der Waals surface area (Å²) in [5, 5.41) is 9.55. The summed E-state index contributed by atoms with van der Waals surface area (Å²) in [5.41, 5.74) is 0.872. The van der Waals surface area contributed by atoms with Gasteiger partial charge in [-0.05, 0) is 18.6 Å². The number of aromatic nitrogens is 3. The summed E-state index contributed by atoms with van der Waals surface area (Å²) in [7, 11) is 0. The fourth-order valence-electron chi connectivity index (χ4n) is 2.48. The van der Waals surface area contributed by atoms with Crippen molar-refractivity contribution in [3.05, 3.63) is 41.9 Å². The Morgan fingerprint density at radius 2 is 2.33 bits per heavy atom. The molecule has 0 aromatic carbocycles. The molecule has 0 saturated carbocycles. The van der Waals surface area contributed by atoms with E-state index in [-0.39, 0.29) is 23.7 Å². The van der Waals surface area contributed by atoms with Gasteiger partial charge in [-0.15, -0.1) is 0 Å². The third-order valence-corrected chi connectivity index (χ3v) is 3.55. The van der Waals surface area contributed by atoms with Gasteiger partial charge in [-0.3, -0.25) is 9.89 Å². The first-order valence-electron chi connectivity index (χ1n) is 7.43. The van der Waals surface area contributed by atoms with Gasteiger partial charge in [0.25, 0.3) is 12.3 Å². The zero-order chi connectivity index (χ0) is 16.9. The molecular weight excluding hydrogens is 322 g/mol. The summed E-state index contributed by atoms with van der Waals surface area (Å²) < 4.78 is 34.8. The molecule has 0 unspecified atom stereocenters. The first kappa shape index (κ1) is 16.3. The van der Waals surface area contributed by atoms with Crippen LogP contribution >= 0.6 is 0 Å². The van der Waals surface area contributed by atoms with Crippen LogP contribution in [0.1, 0.15) is 28.7 Å². The number of amides is 1. The van der Waals surface area contributed by atoms with Crippen molar-refractivity contribution in [1.29, 1.82) is 0 Å². The molecule has 0 aliphatic carbocycles. The van der Waals surface area contributed by atoms with Gasteiger partial charge in [-0.1, -0.05) is 6.07 Å². The van der Waals surface area contributed by atoms with Gasteiger partial charge in [0, 0.05) is 18.9 Å². The van der Waals surface area contributed by atoms with E-state index in [4.69, 9.17) is 9.47 Å². The van der Waals surface area contributed by atoms with Gasteiger partial charge in [0.1, 0.15) is 11.8 Å². The normalized spacial score (nSPS) is 20.3. The van der Waals surface area contributed by atoms with Gasteiger partial charge in [0.15, 0.2) is 6.61 Å². The van der Waals surface area contributed by atoms with Crippen molar-refractivity contribution in [2.75, 3.05) is 13.2 Å². The van der Waals surface area contributed by atoms with Crippen LogP contribution in [0.3, 0.4) is 0 Å². The molecule has 1 aliphatic rings. The molecule has 1 saturated heterocycles. The van der Waals surface area contributed by atoms with Gasteiger partial charge in [0.05, 0.1) is 11.7 Å². The van der Waals surface area contributed by atoms with Crippen LogP contribution in [0.5, 0.6) is 5.88 Å². The largest absolute Gasteiger partial charge is 0.472 e. The van der Waals surface area contributed by atoms with E-state index in [0.717, 1.165) is 5.69 Å². The maximum atomic E-state index is 12.3. The number of rotatable bonds is 6. The molecule has 1 amide bonds. The Balaban J connectivity index is 1.65. The number of alkyl halides is 2. The fraction of sp³-hybridized carbons (Fsp3) is 0.400. The Bertz CT molecular complexity index is 681. The summed E-state index contributed by atoms with van der Waals surface area (Å²) in [6.07, 6.45) is -0.650. The summed E-state index contributed by atoms with van der Waals surface area (Å²) in [6, 6.07) is 5.99. The molecule has 3 heterocycles. The smallest absolute Gasteiger partial charge is 0.272 e. The van der Waals surface area contributed by atoms with Gasteiger partial charge in [-0.2, -0.15) is 5.10 Å². The molecule has 24 heavy (non-hydrogen) atoms. The highest BCUT2D eigenvalue weighted by molar-refractivity contribution is 5.92. The lowest BCUT2D eigenvalue weighted by molar-refractivity contribution is 0.0779. The molecule has 128 valence electrons. The number of carbonyl (C=O) groups excluding carboxylic acids is 1. The van der Waals surface area contributed by atoms with Crippen LogP contribution in [0.2, 0.25) is 0 Å². The number of ether oxygens (including phenoxy) is 2. The Morgan fingerprint density at radius 3 is 3.08 bits per heavy atom. The number of nitrogens with one attached hydrogen (secondary N) is 2. The minimum atomic E-state index is -2.60. The Kier molecular flexibility index (Phi) is 4.99. The number of pyridine rings is 1. The minimum Gasteiger partial charge on any atom is -0.472 e. The Labute approximate surface area is 136 Å². The number of halogens is 2. The Morgan fingerprint density at radius 1 is 1.46 bits per heavy atom. The summed E-state index contributed by atoms with van der Waals surface area (Å²) in [5.74, 6) is -0.437. The lowest BCUT2D eigenvalue weighted by Gasteiger charge is -2.18. The maximum Gasteiger partial charge on any atom is 0.272 e. The second-order valence-corrected chi connectivity index (χ2v) is 5.24. The van der Waals surface area contributed by atoms with Crippen molar-refractivity contribution in [1.82, 2.24) is 20.5 Å². The second kappa shape index (κ2) is 7.35. The summed E-state index contributed by atoms with van der Waals surface area (Å²) in [6.45, 7) is -0.254. The van der Waals surface area contributed by atoms with Crippen molar-refractivity contribution in [3.63, 3.8) is 0 Å². The molecule has 0 radical (unpaired) electrons. The van der Waals surface area contributed by atoms with Crippen LogP contribution in [-0.2, 0) is 4.74 Å². The van der Waals surface area contributed by atoms with Crippen molar-refractivity contribution in [2.45, 2.75) is 25.0 Å². The van der Waals surface area contributed by atoms with Crippen molar-refractivity contribution in [2.24, 2.45) is 0 Å². The third-order valence-electron chi connectivity index (χ3n) is 3.55. The highest BCUT2D eigenvalue weighted by Crippen LogP contribution is 2.27. The molecule has 9 heteroatoms. The quantitative estimate of drug-likeness (QED) is 0.837. The highest BCUT2D eigenvalue weighted by atomic mass is 19.3. The molecule has 2 aromatic rings. The molecule has 2 N–H and O–H groups in total. The SMILES string of the molecule is O=C(N[C@@H]1CCO[C@H]1c1ccn[nH]1)c1cccc(OCC(F)F)n1. The van der Waals surface area contributed by atoms with Crippen LogP contribution in [0, 0.1) is 0 Å². The predicted molar refractivity (Wildman–Crippen MR) is 78.9 cm³/mol. The van der Waals surface area contributed by atoms with Gasteiger partial charge in [0.2, 0.25) is 5.88 Å². The number of hydrogen-bond acceptors (Lipinski definition) is 5. The van der Waals surface area contributed by atoms with E-state index in [2.05, 4.69) is 20.5 Å². The number of nitrogens with zero attached hydrogens (tertiary/aromatic N) is 2. The first-order valence-corrected chi connectivity index (χ1v) is 7.43. The van der Waals surface area contributed by atoms with E-state index in [1.165, 1.54) is 18.2 Å². The minimum absolute atomic E-state index is 0.0178. The average Bonchev–Trinajstić information content (AvgIpc) is 3.24. The van der Waals surface area contributed by atoms with Crippen LogP contribution in [-0.4, -0.2) is 46.8 Å². The Hall–Kier alpha value is -2.55. The molecule has 7 nitrogen and oxygen atoms in total. The molecule has 2 atom stereocenters. The standard InChI is InChI=1S/C15H16F2N4O3/c16-12(17)8-24-13-3-1-2-11(19-13)15(22)20-9-5-7-23-14(9)10-4-6-18-21-10/h1-4,6,9,12,14H,5,7-8H2,(H,18,21)(H,20,22)/t9-,14-/m1/s1. The number of carbonyl (C=O) groups is 1. The van der Waals surface area contributed by atoms with Gasteiger partial charge < -0.3 is 14.8 Å². The molecule has 1 aliphatic heterocycles. The van der Waals surface area contributed by atoms with E-state index >= 15 is 0 Å². The van der Waals surface area contributed by atoms with E-state index < -0.39 is 18.9 Å². The lowest BCUT2D eigenvalue weighted by Crippen LogP contribution is -2.37. The van der Waals surface area contributed by atoms with E-state index in [0.29, 0.717) is 13.0 Å². The summed E-state index contributed by atoms with van der Waals surface area (Å²) in [4.78, 5) is 16.3. The number of H-pyrrole nitrogens is 1. The van der Waals surface area contributed by atoms with Gasteiger partial charge in [-0.25, -0.2) is 13.8 Å². The van der Waals surface area contributed by atoms with Crippen LogP contribution in [0.4, 0.5) is 8.78 Å². The molecule has 0 spiro atoms. The molecule has 3 rings (SSSR count). The number of hydrogen-bond donors (Lipinski definition) is 2. The monoisotopic (exact) mass is 338 g/mol. The molecule has 2 aromatic heterocycles. The van der Waals surface area contributed by atoms with E-state index in [9.17, 15) is 13.6 Å². The molecule has 1 fully saturated rings. The predicted octanol–water partition coefficient (Wildman–Crippen LogP) is 1.71. The maximum absolute atomic E-state index is 12.3. The van der Waals surface area contributed by atoms with Crippen molar-refractivity contribution in [3.8, 4) is 5.88 Å². The van der Waals surface area contributed by atoms with Crippen LogP contribution in [0.15, 0.2) is 30.5 Å². The zero-order valence-electron chi connectivity index (χ0n) is 12.6. The highest BCUT2D eigenvalue weighted by Gasteiger charge is 2.32. The number of aromatic amines is 1. The van der Waals surface area contributed by atoms with Crippen LogP contribution < -0.4 is 10.1 Å². The van der Waals surface area contributed by atoms with Crippen LogP contribution in [0.25, 0.3) is 0 Å². The second-order valence-electron chi connectivity index (χ2n) is 5.24. The fourth-order valence-corrected chi connectivity index (χ4v) is 2.48. The van der Waals surface area contributed by atoms with E-state index in [1.807, 2.05) is 0 Å². The van der Waals surface area contributed by atoms with Gasteiger partial charge >= 0.3 is 0 Å². The zero-order valence-corrected chi connectivity index (χ0v) is 12.6. The topological polar surface area (TPSA) is 89.1 Å².